The Labute approximate surface area is 198 Å². The number of carbonyl (C=O) groups is 2. The van der Waals surface area contributed by atoms with Crippen molar-refractivity contribution in [2.24, 2.45) is 5.92 Å². The number of hydrogen-bond acceptors (Lipinski definition) is 7. The Kier molecular flexibility index (Phi) is 6.67. The SMILES string of the molecule is CC(C)[C@@H](NS(=O)(=O)c1ccc2c(c1)OCCCO2)C(=O)Nc1ccc2c(c1)NC(=O)[C@@H](C)O2. The summed E-state index contributed by atoms with van der Waals surface area (Å²) in [6, 6.07) is 8.12. The lowest BCUT2D eigenvalue weighted by atomic mass is 10.0. The molecule has 2 amide bonds. The summed E-state index contributed by atoms with van der Waals surface area (Å²) in [5.74, 6) is 0.131. The van der Waals surface area contributed by atoms with Crippen LogP contribution < -0.4 is 29.6 Å². The van der Waals surface area contributed by atoms with Crippen molar-refractivity contribution < 1.29 is 32.2 Å². The summed E-state index contributed by atoms with van der Waals surface area (Å²) in [7, 11) is -4.04. The fourth-order valence-electron chi connectivity index (χ4n) is 3.54. The molecule has 2 aliphatic heterocycles. The van der Waals surface area contributed by atoms with E-state index in [0.29, 0.717) is 48.3 Å². The molecular weight excluding hydrogens is 462 g/mol. The van der Waals surface area contributed by atoms with E-state index in [-0.39, 0.29) is 16.7 Å². The van der Waals surface area contributed by atoms with Crippen LogP contribution in [0.25, 0.3) is 0 Å². The van der Waals surface area contributed by atoms with Crippen molar-refractivity contribution in [3.8, 4) is 17.2 Å². The molecule has 4 rings (SSSR count). The van der Waals surface area contributed by atoms with Gasteiger partial charge in [0.25, 0.3) is 5.91 Å². The zero-order valence-electron chi connectivity index (χ0n) is 19.1. The number of hydrogen-bond donors (Lipinski definition) is 3. The first-order valence-corrected chi connectivity index (χ1v) is 12.5. The molecule has 2 atom stereocenters. The first-order chi connectivity index (χ1) is 16.1. The lowest BCUT2D eigenvalue weighted by Crippen LogP contribution is -2.47. The molecule has 0 fully saturated rings. The zero-order valence-corrected chi connectivity index (χ0v) is 19.9. The third kappa shape index (κ3) is 5.10. The van der Waals surface area contributed by atoms with Crippen LogP contribution in [-0.2, 0) is 19.6 Å². The number of rotatable bonds is 6. The monoisotopic (exact) mass is 489 g/mol. The summed E-state index contributed by atoms with van der Waals surface area (Å²) in [6.07, 6.45) is 0.0832. The quantitative estimate of drug-likeness (QED) is 0.568. The van der Waals surface area contributed by atoms with E-state index in [1.165, 1.54) is 12.1 Å². The first-order valence-electron chi connectivity index (χ1n) is 11.0. The van der Waals surface area contributed by atoms with Gasteiger partial charge in [-0.2, -0.15) is 4.72 Å². The highest BCUT2D eigenvalue weighted by Gasteiger charge is 2.30. The van der Waals surface area contributed by atoms with Crippen molar-refractivity contribution >= 4 is 33.2 Å². The Morgan fingerprint density at radius 2 is 1.76 bits per heavy atom. The molecule has 182 valence electrons. The van der Waals surface area contributed by atoms with E-state index >= 15 is 0 Å². The molecule has 0 saturated heterocycles. The van der Waals surface area contributed by atoms with Crippen molar-refractivity contribution in [2.75, 3.05) is 23.8 Å². The van der Waals surface area contributed by atoms with Crippen LogP contribution in [0.4, 0.5) is 11.4 Å². The molecule has 2 aromatic carbocycles. The molecule has 2 heterocycles. The standard InChI is InChI=1S/C23H27N3O7S/c1-13(2)21(23(28)24-15-5-7-18-17(11-15)25-22(27)14(3)33-18)26-34(29,30)16-6-8-19-20(12-16)32-10-4-9-31-19/h5-8,11-14,21,26H,4,9-10H2,1-3H3,(H,24,28)(H,25,27)/t14-,21-/m1/s1. The van der Waals surface area contributed by atoms with E-state index in [2.05, 4.69) is 15.4 Å². The Hall–Kier alpha value is -3.31. The van der Waals surface area contributed by atoms with Crippen LogP contribution in [-0.4, -0.2) is 45.6 Å². The highest BCUT2D eigenvalue weighted by atomic mass is 32.2. The summed E-state index contributed by atoms with van der Waals surface area (Å²) in [5, 5.41) is 5.43. The number of ether oxygens (including phenoxy) is 3. The molecule has 0 saturated carbocycles. The molecular formula is C23H27N3O7S. The Balaban J connectivity index is 1.51. The normalized spacial score (nSPS) is 18.2. The predicted molar refractivity (Wildman–Crippen MR) is 125 cm³/mol. The van der Waals surface area contributed by atoms with Crippen LogP contribution in [0.5, 0.6) is 17.2 Å². The van der Waals surface area contributed by atoms with Crippen LogP contribution in [0, 0.1) is 5.92 Å². The Morgan fingerprint density at radius 1 is 1.06 bits per heavy atom. The number of carbonyl (C=O) groups excluding carboxylic acids is 2. The molecule has 0 spiro atoms. The summed E-state index contributed by atoms with van der Waals surface area (Å²) < 4.78 is 45.3. The van der Waals surface area contributed by atoms with Gasteiger partial charge in [-0.15, -0.1) is 0 Å². The van der Waals surface area contributed by atoms with Crippen LogP contribution in [0.15, 0.2) is 41.3 Å². The van der Waals surface area contributed by atoms with E-state index in [9.17, 15) is 18.0 Å². The van der Waals surface area contributed by atoms with Crippen molar-refractivity contribution in [1.82, 2.24) is 4.72 Å². The number of benzene rings is 2. The highest BCUT2D eigenvalue weighted by molar-refractivity contribution is 7.89. The van der Waals surface area contributed by atoms with Crippen molar-refractivity contribution in [2.45, 2.75) is 44.2 Å². The Bertz CT molecular complexity index is 1210. The molecule has 2 aromatic rings. The molecule has 3 N–H and O–H groups in total. The summed E-state index contributed by atoms with van der Waals surface area (Å²) in [5.41, 5.74) is 0.817. The van der Waals surface area contributed by atoms with Gasteiger partial charge in [-0.05, 0) is 43.2 Å². The van der Waals surface area contributed by atoms with Crippen LogP contribution in [0.3, 0.4) is 0 Å². The molecule has 0 aromatic heterocycles. The van der Waals surface area contributed by atoms with E-state index in [0.717, 1.165) is 0 Å². The fraction of sp³-hybridized carbons (Fsp3) is 0.391. The number of sulfonamides is 1. The maximum absolute atomic E-state index is 13.1. The molecule has 0 bridgehead atoms. The number of fused-ring (bicyclic) bond motifs is 2. The van der Waals surface area contributed by atoms with Crippen LogP contribution >= 0.6 is 0 Å². The third-order valence-electron chi connectivity index (χ3n) is 5.44. The van der Waals surface area contributed by atoms with E-state index in [1.54, 1.807) is 45.0 Å². The number of amides is 2. The number of anilines is 2. The van der Waals surface area contributed by atoms with Crippen LogP contribution in [0.1, 0.15) is 27.2 Å². The van der Waals surface area contributed by atoms with Gasteiger partial charge in [0.15, 0.2) is 17.6 Å². The lowest BCUT2D eigenvalue weighted by molar-refractivity contribution is -0.122. The minimum absolute atomic E-state index is 0.0297. The topological polar surface area (TPSA) is 132 Å². The second-order valence-corrected chi connectivity index (χ2v) is 10.2. The van der Waals surface area contributed by atoms with Crippen LogP contribution in [0.2, 0.25) is 0 Å². The minimum Gasteiger partial charge on any atom is -0.490 e. The number of nitrogens with one attached hydrogen (secondary N) is 3. The second-order valence-electron chi connectivity index (χ2n) is 8.45. The van der Waals surface area contributed by atoms with Gasteiger partial charge >= 0.3 is 0 Å². The van der Waals surface area contributed by atoms with Gasteiger partial charge in [0.1, 0.15) is 11.8 Å². The largest absolute Gasteiger partial charge is 0.490 e. The van der Waals surface area contributed by atoms with E-state index in [4.69, 9.17) is 14.2 Å². The van der Waals surface area contributed by atoms with E-state index < -0.39 is 28.1 Å². The molecule has 11 heteroatoms. The third-order valence-corrected chi connectivity index (χ3v) is 6.88. The fourth-order valence-corrected chi connectivity index (χ4v) is 4.90. The lowest BCUT2D eigenvalue weighted by Gasteiger charge is -2.25. The van der Waals surface area contributed by atoms with Gasteiger partial charge in [-0.3, -0.25) is 9.59 Å². The Morgan fingerprint density at radius 3 is 2.50 bits per heavy atom. The first kappa shape index (κ1) is 23.8. The van der Waals surface area contributed by atoms with Gasteiger partial charge in [-0.1, -0.05) is 13.8 Å². The second kappa shape index (κ2) is 9.51. The van der Waals surface area contributed by atoms with Crippen molar-refractivity contribution in [3.05, 3.63) is 36.4 Å². The van der Waals surface area contributed by atoms with Crippen molar-refractivity contribution in [1.29, 1.82) is 0 Å². The van der Waals surface area contributed by atoms with Gasteiger partial charge in [0.2, 0.25) is 15.9 Å². The molecule has 0 radical (unpaired) electrons. The minimum atomic E-state index is -4.04. The highest BCUT2D eigenvalue weighted by Crippen LogP contribution is 2.33. The molecule has 2 aliphatic rings. The van der Waals surface area contributed by atoms with Crippen molar-refractivity contribution in [3.63, 3.8) is 0 Å². The summed E-state index contributed by atoms with van der Waals surface area (Å²) in [4.78, 5) is 24.9. The average molecular weight is 490 g/mol. The van der Waals surface area contributed by atoms with E-state index in [1.807, 2.05) is 0 Å². The molecule has 10 nitrogen and oxygen atoms in total. The predicted octanol–water partition coefficient (Wildman–Crippen LogP) is 2.51. The summed E-state index contributed by atoms with van der Waals surface area (Å²) >= 11 is 0. The van der Waals surface area contributed by atoms with Gasteiger partial charge < -0.3 is 24.8 Å². The van der Waals surface area contributed by atoms with Gasteiger partial charge in [0.05, 0.1) is 23.8 Å². The average Bonchev–Trinajstić information content (AvgIpc) is 3.03. The maximum atomic E-state index is 13.1. The smallest absolute Gasteiger partial charge is 0.265 e. The van der Waals surface area contributed by atoms with Gasteiger partial charge in [0, 0.05) is 18.2 Å². The molecule has 0 aliphatic carbocycles. The summed E-state index contributed by atoms with van der Waals surface area (Å²) in [6.45, 7) is 6.03. The van der Waals surface area contributed by atoms with Gasteiger partial charge in [-0.25, -0.2) is 8.42 Å². The zero-order chi connectivity index (χ0) is 24.5. The molecule has 0 unspecified atom stereocenters. The maximum Gasteiger partial charge on any atom is 0.265 e. The molecule has 34 heavy (non-hydrogen) atoms.